The number of carbonyl (C=O) groups excluding carboxylic acids is 5. The Morgan fingerprint density at radius 1 is 1.00 bits per heavy atom. The number of piperazine rings is 1. The molecule has 0 aromatic heterocycles. The fourth-order valence-electron chi connectivity index (χ4n) is 8.63. The van der Waals surface area contributed by atoms with E-state index in [1.165, 1.54) is 12.1 Å². The summed E-state index contributed by atoms with van der Waals surface area (Å²) in [5, 5.41) is 14.5. The highest BCUT2D eigenvalue weighted by molar-refractivity contribution is 7.98. The summed E-state index contributed by atoms with van der Waals surface area (Å²) in [6, 6.07) is 11.3. The number of halogens is 3. The number of urea groups is 1. The number of imide groups is 2. The van der Waals surface area contributed by atoms with Crippen LogP contribution in [0.5, 0.6) is 0 Å². The topological polar surface area (TPSA) is 155 Å². The highest BCUT2D eigenvalue weighted by Gasteiger charge is 2.55. The van der Waals surface area contributed by atoms with Gasteiger partial charge < -0.3 is 15.0 Å². The van der Waals surface area contributed by atoms with Crippen LogP contribution in [0, 0.1) is 11.3 Å². The normalized spacial score (nSPS) is 27.1. The Morgan fingerprint density at radius 2 is 1.66 bits per heavy atom. The van der Waals surface area contributed by atoms with Crippen molar-refractivity contribution in [3.8, 4) is 6.07 Å². The number of nitrogens with one attached hydrogen (secondary N) is 2. The minimum absolute atomic E-state index is 0.0153. The van der Waals surface area contributed by atoms with Gasteiger partial charge in [-0.1, -0.05) is 12.1 Å². The Morgan fingerprint density at radius 3 is 2.26 bits per heavy atom. The second-order valence-corrected chi connectivity index (χ2v) is 17.5. The third-order valence-corrected chi connectivity index (χ3v) is 13.0. The molecule has 3 saturated heterocycles. The van der Waals surface area contributed by atoms with E-state index in [9.17, 15) is 37.1 Å². The van der Waals surface area contributed by atoms with Gasteiger partial charge in [-0.05, 0) is 115 Å². The van der Waals surface area contributed by atoms with E-state index >= 15 is 0 Å². The summed E-state index contributed by atoms with van der Waals surface area (Å²) in [7, 11) is 0. The van der Waals surface area contributed by atoms with E-state index in [2.05, 4.69) is 34.3 Å². The molecule has 3 aliphatic heterocycles. The number of carbonyl (C=O) groups is 5. The minimum Gasteiger partial charge on any atom is -0.377 e. The van der Waals surface area contributed by atoms with Crippen LogP contribution in [0.4, 0.5) is 23.7 Å². The number of hydrogen-bond acceptors (Lipinski definition) is 10. The van der Waals surface area contributed by atoms with Crippen molar-refractivity contribution in [1.29, 1.82) is 5.26 Å². The Balaban J connectivity index is 0.934. The monoisotopic (exact) mass is 825 g/mol. The van der Waals surface area contributed by atoms with Gasteiger partial charge in [-0.15, -0.1) is 0 Å². The summed E-state index contributed by atoms with van der Waals surface area (Å²) in [6.45, 7) is 12.3. The van der Waals surface area contributed by atoms with E-state index in [0.717, 1.165) is 41.6 Å². The van der Waals surface area contributed by atoms with Crippen LogP contribution in [0.3, 0.4) is 0 Å². The standard InChI is InChI=1S/C41H50F3N7O6S/c1-25-22-48(23-26(2)49(25)24-35(53)46-29-9-7-28(8-10-29)40(5)17-16-34(52)47-36(40)54)18-19-57-31-13-11-30(12-14-31)50-38(56)51(37(55)39(50,3)4)58-32-15-6-27(21-45)33(20-32)41(42,43)44/h6-10,15,20,25-26,30-31H,11-14,16-19,22-24H2,1-5H3,(H,46,53)(H,47,52,54)/t25-,26+,30?,31?,40-/m0/s1. The van der Waals surface area contributed by atoms with Gasteiger partial charge >= 0.3 is 12.2 Å². The zero-order chi connectivity index (χ0) is 42.2. The molecule has 13 nitrogen and oxygen atoms in total. The molecule has 2 N–H and O–H groups in total. The maximum absolute atomic E-state index is 13.6. The average Bonchev–Trinajstić information content (AvgIpc) is 3.33. The Kier molecular flexibility index (Phi) is 12.6. The maximum atomic E-state index is 13.6. The van der Waals surface area contributed by atoms with Gasteiger partial charge in [0.1, 0.15) is 5.54 Å². The van der Waals surface area contributed by atoms with Gasteiger partial charge in [0.05, 0.1) is 41.9 Å². The number of piperidine rings is 1. The number of nitriles is 1. The summed E-state index contributed by atoms with van der Waals surface area (Å²) in [5.74, 6) is -1.23. The molecule has 4 aliphatic rings. The smallest absolute Gasteiger partial charge is 0.377 e. The number of ether oxygens (including phenoxy) is 1. The van der Waals surface area contributed by atoms with Crippen LogP contribution in [0.15, 0.2) is 47.4 Å². The van der Waals surface area contributed by atoms with Crippen molar-refractivity contribution in [2.24, 2.45) is 0 Å². The van der Waals surface area contributed by atoms with Crippen molar-refractivity contribution in [3.63, 3.8) is 0 Å². The fraction of sp³-hybridized carbons (Fsp3) is 0.561. The molecule has 2 aromatic rings. The second-order valence-electron chi connectivity index (χ2n) is 16.5. The molecule has 58 heavy (non-hydrogen) atoms. The van der Waals surface area contributed by atoms with Gasteiger partial charge in [0.15, 0.2) is 0 Å². The van der Waals surface area contributed by atoms with E-state index < -0.39 is 40.2 Å². The molecule has 3 atom stereocenters. The third kappa shape index (κ3) is 9.05. The molecule has 0 bridgehead atoms. The minimum atomic E-state index is -4.77. The number of amides is 6. The lowest BCUT2D eigenvalue weighted by molar-refractivity contribution is -0.138. The molecule has 6 amide bonds. The van der Waals surface area contributed by atoms with E-state index in [1.54, 1.807) is 30.9 Å². The molecule has 312 valence electrons. The lowest BCUT2D eigenvalue weighted by Gasteiger charge is -2.44. The molecular weight excluding hydrogens is 776 g/mol. The quantitative estimate of drug-likeness (QED) is 0.164. The summed E-state index contributed by atoms with van der Waals surface area (Å²) in [4.78, 5) is 70.4. The molecular formula is C41H50F3N7O6S. The van der Waals surface area contributed by atoms with Crippen molar-refractivity contribution < 1.29 is 41.9 Å². The van der Waals surface area contributed by atoms with Crippen LogP contribution in [0.25, 0.3) is 0 Å². The number of rotatable bonds is 11. The molecule has 3 heterocycles. The number of benzene rings is 2. The van der Waals surface area contributed by atoms with E-state index in [1.807, 2.05) is 19.1 Å². The zero-order valence-electron chi connectivity index (χ0n) is 33.4. The Hall–Kier alpha value is -4.50. The van der Waals surface area contributed by atoms with Crippen molar-refractivity contribution >= 4 is 47.3 Å². The molecule has 0 spiro atoms. The molecule has 0 unspecified atom stereocenters. The molecule has 2 aromatic carbocycles. The maximum Gasteiger partial charge on any atom is 0.417 e. The number of alkyl halides is 3. The van der Waals surface area contributed by atoms with Crippen LogP contribution in [-0.4, -0.2) is 111 Å². The average molecular weight is 826 g/mol. The van der Waals surface area contributed by atoms with Crippen molar-refractivity contribution in [3.05, 3.63) is 59.2 Å². The van der Waals surface area contributed by atoms with E-state index in [-0.39, 0.29) is 59.8 Å². The molecule has 17 heteroatoms. The van der Waals surface area contributed by atoms with Crippen molar-refractivity contribution in [2.75, 3.05) is 38.1 Å². The van der Waals surface area contributed by atoms with Gasteiger partial charge in [0.25, 0.3) is 5.91 Å². The highest BCUT2D eigenvalue weighted by Crippen LogP contribution is 2.42. The van der Waals surface area contributed by atoms with Gasteiger partial charge in [-0.25, -0.2) is 4.79 Å². The summed E-state index contributed by atoms with van der Waals surface area (Å²) >= 11 is 0.633. The molecule has 1 saturated carbocycles. The second kappa shape index (κ2) is 17.0. The highest BCUT2D eigenvalue weighted by atomic mass is 32.2. The van der Waals surface area contributed by atoms with Crippen molar-refractivity contribution in [2.45, 2.75) is 119 Å². The lowest BCUT2D eigenvalue weighted by Crippen LogP contribution is -2.58. The molecule has 0 radical (unpaired) electrons. The summed E-state index contributed by atoms with van der Waals surface area (Å²) in [6.07, 6.45) is -1.48. The first-order valence-electron chi connectivity index (χ1n) is 19.6. The zero-order valence-corrected chi connectivity index (χ0v) is 34.2. The SMILES string of the molecule is C[C@@H]1CN(CCOC2CCC(N3C(=O)N(Sc4ccc(C#N)c(C(F)(F)F)c4)C(=O)C3(C)C)CC2)C[C@H](C)N1CC(=O)Nc1ccc([C@]2(C)CCC(=O)NC2=O)cc1. The summed E-state index contributed by atoms with van der Waals surface area (Å²) in [5.41, 5.74) is -2.24. The van der Waals surface area contributed by atoms with E-state index in [0.29, 0.717) is 56.3 Å². The van der Waals surface area contributed by atoms with Crippen LogP contribution < -0.4 is 10.6 Å². The van der Waals surface area contributed by atoms with Crippen LogP contribution >= 0.6 is 11.9 Å². The van der Waals surface area contributed by atoms with Crippen LogP contribution in [0.1, 0.15) is 89.8 Å². The lowest BCUT2D eigenvalue weighted by atomic mass is 9.75. The third-order valence-electron chi connectivity index (χ3n) is 12.0. The molecule has 6 rings (SSSR count). The predicted molar refractivity (Wildman–Crippen MR) is 209 cm³/mol. The molecule has 4 fully saturated rings. The van der Waals surface area contributed by atoms with Crippen LogP contribution in [-0.2, 0) is 35.5 Å². The predicted octanol–water partition coefficient (Wildman–Crippen LogP) is 5.68. The van der Waals surface area contributed by atoms with E-state index in [4.69, 9.17) is 10.00 Å². The number of hydrogen-bond donors (Lipinski definition) is 2. The summed E-state index contributed by atoms with van der Waals surface area (Å²) < 4.78 is 47.9. The molecule has 1 aliphatic carbocycles. The number of anilines is 1. The first-order valence-corrected chi connectivity index (χ1v) is 20.4. The largest absolute Gasteiger partial charge is 0.417 e. The van der Waals surface area contributed by atoms with Crippen molar-refractivity contribution in [1.82, 2.24) is 24.3 Å². The Bertz CT molecular complexity index is 1950. The Labute approximate surface area is 340 Å². The van der Waals surface area contributed by atoms with Gasteiger partial charge in [-0.2, -0.15) is 22.7 Å². The first kappa shape index (κ1) is 43.1. The van der Waals surface area contributed by atoms with Gasteiger partial charge in [0.2, 0.25) is 17.7 Å². The fourth-order valence-corrected chi connectivity index (χ4v) is 9.61. The van der Waals surface area contributed by atoms with Gasteiger partial charge in [0, 0.05) is 54.8 Å². The van der Waals surface area contributed by atoms with Gasteiger partial charge in [-0.3, -0.25) is 34.3 Å². The first-order chi connectivity index (χ1) is 27.3. The van der Waals surface area contributed by atoms with Crippen LogP contribution in [0.2, 0.25) is 0 Å². The number of nitrogens with zero attached hydrogens (tertiary/aromatic N) is 5.